The van der Waals surface area contributed by atoms with E-state index in [1.165, 1.54) is 12.8 Å². The molecule has 4 fully saturated rings. The third-order valence-corrected chi connectivity index (χ3v) is 8.43. The van der Waals surface area contributed by atoms with Crippen molar-refractivity contribution in [2.24, 2.45) is 34.5 Å². The van der Waals surface area contributed by atoms with E-state index in [4.69, 9.17) is 19.8 Å². The van der Waals surface area contributed by atoms with Crippen molar-refractivity contribution in [3.05, 3.63) is 0 Å². The van der Waals surface area contributed by atoms with Crippen LogP contribution in [0, 0.1) is 34.5 Å². The lowest BCUT2D eigenvalue weighted by Gasteiger charge is -2.60. The Morgan fingerprint density at radius 1 is 0.867 bits per heavy atom. The molecule has 172 valence electrons. The van der Waals surface area contributed by atoms with E-state index in [0.717, 1.165) is 46.0 Å². The topological polar surface area (TPSA) is 132 Å². The number of fused-ring (bicyclic) bond motifs is 5. The highest BCUT2D eigenvalue weighted by Gasteiger charge is 2.62. The van der Waals surface area contributed by atoms with Crippen molar-refractivity contribution < 1.29 is 34.8 Å². The van der Waals surface area contributed by atoms with Crippen molar-refractivity contribution in [1.29, 1.82) is 0 Å². The second-order valence-corrected chi connectivity index (χ2v) is 10.2. The molecule has 4 aliphatic carbocycles. The molecule has 0 unspecified atom stereocenters. The molecule has 7 nitrogen and oxygen atoms in total. The summed E-state index contributed by atoms with van der Waals surface area (Å²) in [5, 5.41) is 35.3. The van der Waals surface area contributed by atoms with Crippen LogP contribution in [-0.4, -0.2) is 50.4 Å². The summed E-state index contributed by atoms with van der Waals surface area (Å²) in [7, 11) is 0. The molecule has 4 N–H and O–H groups in total. The Balaban J connectivity index is 0.000000347. The third kappa shape index (κ3) is 4.88. The van der Waals surface area contributed by atoms with E-state index in [1.807, 2.05) is 0 Å². The van der Waals surface area contributed by atoms with Gasteiger partial charge in [-0.25, -0.2) is 0 Å². The Morgan fingerprint density at radius 3 is 1.97 bits per heavy atom. The van der Waals surface area contributed by atoms with E-state index in [-0.39, 0.29) is 17.3 Å². The van der Waals surface area contributed by atoms with Crippen LogP contribution in [0.3, 0.4) is 0 Å². The maximum absolute atomic E-state index is 12.1. The van der Waals surface area contributed by atoms with Crippen LogP contribution in [-0.2, 0) is 14.4 Å². The van der Waals surface area contributed by atoms with Crippen LogP contribution in [0.2, 0.25) is 0 Å². The molecule has 0 aliphatic heterocycles. The van der Waals surface area contributed by atoms with E-state index in [9.17, 15) is 15.0 Å². The number of ketones is 1. The Kier molecular flexibility index (Phi) is 7.73. The van der Waals surface area contributed by atoms with Crippen LogP contribution >= 0.6 is 0 Å². The molecule has 0 heterocycles. The summed E-state index contributed by atoms with van der Waals surface area (Å²) < 4.78 is 0. The summed E-state index contributed by atoms with van der Waals surface area (Å²) in [6.07, 6.45) is 7.38. The van der Waals surface area contributed by atoms with Gasteiger partial charge in [-0.05, 0) is 74.0 Å². The lowest BCUT2D eigenvalue weighted by molar-refractivity contribution is -0.138. The minimum Gasteiger partial charge on any atom is -0.481 e. The molecule has 0 saturated heterocycles. The second-order valence-electron chi connectivity index (χ2n) is 10.2. The van der Waals surface area contributed by atoms with Gasteiger partial charge < -0.3 is 20.4 Å². The number of carbonyl (C=O) groups excluding carboxylic acids is 1. The predicted molar refractivity (Wildman–Crippen MR) is 111 cm³/mol. The molecule has 0 radical (unpaired) electrons. The van der Waals surface area contributed by atoms with Crippen LogP contribution in [0.1, 0.15) is 79.1 Å². The first kappa shape index (κ1) is 24.8. The molecule has 0 amide bonds. The fraction of sp³-hybridized carbons (Fsp3) is 0.870. The van der Waals surface area contributed by atoms with E-state index in [1.54, 1.807) is 0 Å². The fourth-order valence-corrected chi connectivity index (χ4v) is 7.00. The summed E-state index contributed by atoms with van der Waals surface area (Å²) in [5.74, 6) is 0.757. The number of rotatable bonds is 0. The molecular weight excluding hydrogens is 388 g/mol. The van der Waals surface area contributed by atoms with Crippen LogP contribution in [0.25, 0.3) is 0 Å². The Morgan fingerprint density at radius 2 is 1.40 bits per heavy atom. The fourth-order valence-electron chi connectivity index (χ4n) is 7.00. The monoisotopic (exact) mass is 426 g/mol. The minimum atomic E-state index is -0.833. The van der Waals surface area contributed by atoms with Crippen molar-refractivity contribution in [3.8, 4) is 0 Å². The molecule has 0 spiro atoms. The molecule has 4 aliphatic rings. The lowest BCUT2D eigenvalue weighted by atomic mass is 9.45. The van der Waals surface area contributed by atoms with E-state index in [0.29, 0.717) is 35.5 Å². The number of hydrogen-bond donors (Lipinski definition) is 4. The highest BCUT2D eigenvalue weighted by molar-refractivity contribution is 5.86. The maximum Gasteiger partial charge on any atom is 0.300 e. The Bertz CT molecular complexity index is 642. The van der Waals surface area contributed by atoms with Gasteiger partial charge in [-0.3, -0.25) is 14.4 Å². The van der Waals surface area contributed by atoms with Gasteiger partial charge >= 0.3 is 0 Å². The molecule has 0 bridgehead atoms. The second kappa shape index (κ2) is 9.35. The molecule has 8 atom stereocenters. The summed E-state index contributed by atoms with van der Waals surface area (Å²) in [6.45, 7) is 6.78. The molecule has 4 saturated carbocycles. The number of carboxylic acids is 2. The summed E-state index contributed by atoms with van der Waals surface area (Å²) in [6, 6.07) is 0. The first-order valence-corrected chi connectivity index (χ1v) is 11.1. The van der Waals surface area contributed by atoms with Crippen LogP contribution in [0.15, 0.2) is 0 Å². The Hall–Kier alpha value is -1.47. The van der Waals surface area contributed by atoms with Crippen molar-refractivity contribution in [2.75, 3.05) is 0 Å². The van der Waals surface area contributed by atoms with Crippen LogP contribution < -0.4 is 0 Å². The predicted octanol–water partition coefficient (Wildman–Crippen LogP) is 3.11. The van der Waals surface area contributed by atoms with E-state index in [2.05, 4.69) is 13.8 Å². The number of aliphatic hydroxyl groups is 2. The largest absolute Gasteiger partial charge is 0.481 e. The van der Waals surface area contributed by atoms with Crippen molar-refractivity contribution in [1.82, 2.24) is 0 Å². The highest BCUT2D eigenvalue weighted by Crippen LogP contribution is 2.65. The average molecular weight is 427 g/mol. The zero-order chi connectivity index (χ0) is 22.9. The van der Waals surface area contributed by atoms with Gasteiger partial charge in [-0.2, -0.15) is 0 Å². The zero-order valence-electron chi connectivity index (χ0n) is 18.6. The number of carbonyl (C=O) groups is 3. The van der Waals surface area contributed by atoms with Gasteiger partial charge in [0.2, 0.25) is 0 Å². The minimum absolute atomic E-state index is 0.0829. The van der Waals surface area contributed by atoms with Crippen molar-refractivity contribution in [3.63, 3.8) is 0 Å². The molecule has 0 aromatic carbocycles. The van der Waals surface area contributed by atoms with Gasteiger partial charge in [0, 0.05) is 25.7 Å². The smallest absolute Gasteiger partial charge is 0.300 e. The highest BCUT2D eigenvalue weighted by atomic mass is 16.4. The molecule has 4 rings (SSSR count). The zero-order valence-corrected chi connectivity index (χ0v) is 18.6. The van der Waals surface area contributed by atoms with Gasteiger partial charge in [0.15, 0.2) is 5.78 Å². The van der Waals surface area contributed by atoms with Crippen LogP contribution in [0.4, 0.5) is 0 Å². The average Bonchev–Trinajstić information content (AvgIpc) is 2.85. The van der Waals surface area contributed by atoms with Crippen LogP contribution in [0.5, 0.6) is 0 Å². The van der Waals surface area contributed by atoms with Gasteiger partial charge in [-0.1, -0.05) is 13.8 Å². The number of aliphatic hydroxyl groups excluding tert-OH is 2. The normalized spacial score (nSPS) is 44.1. The first-order valence-electron chi connectivity index (χ1n) is 11.1. The van der Waals surface area contributed by atoms with E-state index < -0.39 is 18.0 Å². The number of Topliss-reactive ketones (excluding diaryl/α,β-unsaturated/α-hetero) is 1. The molecule has 0 aromatic rings. The molecule has 30 heavy (non-hydrogen) atoms. The van der Waals surface area contributed by atoms with Gasteiger partial charge in [0.05, 0.1) is 6.10 Å². The summed E-state index contributed by atoms with van der Waals surface area (Å²) in [5.41, 5.74) is 0.176. The molecule has 0 aromatic heterocycles. The van der Waals surface area contributed by atoms with Gasteiger partial charge in [0.1, 0.15) is 6.10 Å². The molecular formula is C23H38O7. The maximum atomic E-state index is 12.1. The lowest BCUT2D eigenvalue weighted by Crippen LogP contribution is -2.54. The van der Waals surface area contributed by atoms with Gasteiger partial charge in [-0.15, -0.1) is 0 Å². The standard InChI is InChI=1S/C19H30O3.2C2H4O2/c1-18-7-5-12(20)9-11(18)3-4-13-14(18)6-8-19(2)15(13)10-16(21)17(19)22;2*1-2(3)4/h11-15,17,20,22H,3-10H2,1-2H3;2*1H3,(H,3,4)/t11-,12+,13+,14-,15-,17-,18-,19-;;/m1../s1. The van der Waals surface area contributed by atoms with E-state index >= 15 is 0 Å². The number of aliphatic carboxylic acids is 2. The summed E-state index contributed by atoms with van der Waals surface area (Å²) >= 11 is 0. The van der Waals surface area contributed by atoms with Crippen molar-refractivity contribution >= 4 is 17.7 Å². The SMILES string of the molecule is CC(=O)O.CC(=O)O.C[C@@]12CC[C@@H]3[C@H](CC[C@@H]4C[C@@H](O)CC[C@]43C)[C@H]1CC(=O)[C@H]2O. The quantitative estimate of drug-likeness (QED) is 0.468. The first-order chi connectivity index (χ1) is 13.8. The Labute approximate surface area is 178 Å². The number of hydrogen-bond acceptors (Lipinski definition) is 5. The molecule has 7 heteroatoms. The third-order valence-electron chi connectivity index (χ3n) is 8.43. The number of carboxylic acid groups (broad SMARTS) is 2. The van der Waals surface area contributed by atoms with Gasteiger partial charge in [0.25, 0.3) is 11.9 Å². The summed E-state index contributed by atoms with van der Waals surface area (Å²) in [4.78, 5) is 30.1. The van der Waals surface area contributed by atoms with Crippen molar-refractivity contribution in [2.45, 2.75) is 91.3 Å².